The van der Waals surface area contributed by atoms with E-state index in [1.54, 1.807) is 6.92 Å². The zero-order chi connectivity index (χ0) is 15.9. The molecule has 0 aliphatic carbocycles. The van der Waals surface area contributed by atoms with Gasteiger partial charge >= 0.3 is 0 Å². The van der Waals surface area contributed by atoms with Crippen LogP contribution in [-0.2, 0) is 16.1 Å². The molecular weight excluding hydrogens is 278 g/mol. The maximum Gasteiger partial charge on any atom is 0.236 e. The molecule has 0 saturated carbocycles. The van der Waals surface area contributed by atoms with Gasteiger partial charge in [-0.2, -0.15) is 0 Å². The fraction of sp³-hybridized carbons (Fsp3) is 0.588. The van der Waals surface area contributed by atoms with E-state index in [1.807, 2.05) is 6.07 Å². The number of morpholine rings is 1. The van der Waals surface area contributed by atoms with Crippen molar-refractivity contribution in [2.45, 2.75) is 45.0 Å². The molecule has 1 aromatic carbocycles. The van der Waals surface area contributed by atoms with E-state index in [0.717, 1.165) is 26.1 Å². The molecule has 1 fully saturated rings. The minimum Gasteiger partial charge on any atom is -0.373 e. The Morgan fingerprint density at radius 2 is 2.18 bits per heavy atom. The van der Waals surface area contributed by atoms with Gasteiger partial charge in [-0.05, 0) is 18.9 Å². The largest absolute Gasteiger partial charge is 0.373 e. The molecule has 3 N–H and O–H groups in total. The van der Waals surface area contributed by atoms with Crippen LogP contribution in [0, 0.1) is 0 Å². The molecule has 1 saturated heterocycles. The molecule has 1 aromatic rings. The number of benzene rings is 1. The summed E-state index contributed by atoms with van der Waals surface area (Å²) in [5.74, 6) is -0.115. The first-order valence-corrected chi connectivity index (χ1v) is 8.04. The molecule has 122 valence electrons. The third kappa shape index (κ3) is 4.80. The first-order chi connectivity index (χ1) is 10.6. The van der Waals surface area contributed by atoms with Crippen LogP contribution in [0.5, 0.6) is 0 Å². The third-order valence-corrected chi connectivity index (χ3v) is 4.06. The molecule has 1 amide bonds. The van der Waals surface area contributed by atoms with Crippen LogP contribution in [0.4, 0.5) is 0 Å². The number of hydrogen-bond donors (Lipinski definition) is 2. The standard InChI is InChI=1S/C17H27N3O2/c1-3-15(19-17(21)13(2)18)16-12-20(9-10-22-16)11-14-7-5-4-6-8-14/h4-8,13,15-16H,3,9-12,18H2,1-2H3,(H,19,21). The number of carbonyl (C=O) groups is 1. The Bertz CT molecular complexity index is 464. The van der Waals surface area contributed by atoms with E-state index in [0.29, 0.717) is 6.61 Å². The maximum atomic E-state index is 11.8. The molecule has 5 heteroatoms. The summed E-state index contributed by atoms with van der Waals surface area (Å²) in [6.45, 7) is 7.12. The molecule has 1 aliphatic rings. The van der Waals surface area contributed by atoms with Crippen molar-refractivity contribution in [3.8, 4) is 0 Å². The highest BCUT2D eigenvalue weighted by Gasteiger charge is 2.28. The average Bonchev–Trinajstić information content (AvgIpc) is 2.53. The molecule has 3 unspecified atom stereocenters. The minimum atomic E-state index is -0.488. The number of nitrogens with two attached hydrogens (primary N) is 1. The lowest BCUT2D eigenvalue weighted by Gasteiger charge is -2.37. The Hall–Kier alpha value is -1.43. The minimum absolute atomic E-state index is 0.0112. The smallest absolute Gasteiger partial charge is 0.236 e. The summed E-state index contributed by atoms with van der Waals surface area (Å²) >= 11 is 0. The van der Waals surface area contributed by atoms with Crippen molar-refractivity contribution in [2.75, 3.05) is 19.7 Å². The molecule has 5 nitrogen and oxygen atoms in total. The van der Waals surface area contributed by atoms with Gasteiger partial charge in [0.2, 0.25) is 5.91 Å². The van der Waals surface area contributed by atoms with Crippen molar-refractivity contribution in [2.24, 2.45) is 5.73 Å². The average molecular weight is 305 g/mol. The Morgan fingerprint density at radius 3 is 2.82 bits per heavy atom. The second-order valence-corrected chi connectivity index (χ2v) is 5.94. The van der Waals surface area contributed by atoms with Gasteiger partial charge in [0.1, 0.15) is 0 Å². The first kappa shape index (κ1) is 16.9. The number of ether oxygens (including phenoxy) is 1. The van der Waals surface area contributed by atoms with Gasteiger partial charge < -0.3 is 15.8 Å². The molecule has 3 atom stereocenters. The SMILES string of the molecule is CCC(NC(=O)C(C)N)C1CN(Cc2ccccc2)CCO1. The first-order valence-electron chi connectivity index (χ1n) is 8.04. The molecule has 0 aromatic heterocycles. The number of nitrogens with zero attached hydrogens (tertiary/aromatic N) is 1. The van der Waals surface area contributed by atoms with Gasteiger partial charge in [-0.15, -0.1) is 0 Å². The number of rotatable bonds is 6. The Balaban J connectivity index is 1.92. The fourth-order valence-corrected chi connectivity index (χ4v) is 2.73. The Kier molecular flexibility index (Phi) is 6.36. The van der Waals surface area contributed by atoms with Crippen LogP contribution in [-0.4, -0.2) is 48.7 Å². The van der Waals surface area contributed by atoms with Crippen LogP contribution in [0.25, 0.3) is 0 Å². The molecule has 0 bridgehead atoms. The quantitative estimate of drug-likeness (QED) is 0.827. The van der Waals surface area contributed by atoms with E-state index in [2.05, 4.69) is 41.4 Å². The highest BCUT2D eigenvalue weighted by Crippen LogP contribution is 2.14. The van der Waals surface area contributed by atoms with E-state index < -0.39 is 6.04 Å². The lowest BCUT2D eigenvalue weighted by molar-refractivity contribution is -0.125. The second-order valence-electron chi connectivity index (χ2n) is 5.94. The van der Waals surface area contributed by atoms with Crippen LogP contribution >= 0.6 is 0 Å². The van der Waals surface area contributed by atoms with E-state index in [1.165, 1.54) is 5.56 Å². The van der Waals surface area contributed by atoms with Gasteiger partial charge in [0.25, 0.3) is 0 Å². The molecule has 2 rings (SSSR count). The molecule has 0 radical (unpaired) electrons. The van der Waals surface area contributed by atoms with E-state index in [-0.39, 0.29) is 18.1 Å². The van der Waals surface area contributed by atoms with Crippen molar-refractivity contribution in [1.29, 1.82) is 0 Å². The number of hydrogen-bond acceptors (Lipinski definition) is 4. The van der Waals surface area contributed by atoms with Gasteiger partial charge in [-0.25, -0.2) is 0 Å². The van der Waals surface area contributed by atoms with Gasteiger partial charge in [-0.3, -0.25) is 9.69 Å². The van der Waals surface area contributed by atoms with Gasteiger partial charge in [-0.1, -0.05) is 37.3 Å². The second kappa shape index (κ2) is 8.27. The highest BCUT2D eigenvalue weighted by atomic mass is 16.5. The van der Waals surface area contributed by atoms with Crippen molar-refractivity contribution in [3.05, 3.63) is 35.9 Å². The van der Waals surface area contributed by atoms with Crippen molar-refractivity contribution < 1.29 is 9.53 Å². The van der Waals surface area contributed by atoms with Crippen LogP contribution in [0.3, 0.4) is 0 Å². The molecule has 22 heavy (non-hydrogen) atoms. The third-order valence-electron chi connectivity index (χ3n) is 4.06. The van der Waals surface area contributed by atoms with Crippen molar-refractivity contribution >= 4 is 5.91 Å². The summed E-state index contributed by atoms with van der Waals surface area (Å²) in [6.07, 6.45) is 0.854. The molecule has 0 spiro atoms. The van der Waals surface area contributed by atoms with Crippen molar-refractivity contribution in [3.63, 3.8) is 0 Å². The van der Waals surface area contributed by atoms with Crippen molar-refractivity contribution in [1.82, 2.24) is 10.2 Å². The molecule has 1 aliphatic heterocycles. The van der Waals surface area contributed by atoms with E-state index in [9.17, 15) is 4.79 Å². The number of amides is 1. The Morgan fingerprint density at radius 1 is 1.45 bits per heavy atom. The van der Waals surface area contributed by atoms with Crippen LogP contribution in [0.1, 0.15) is 25.8 Å². The van der Waals surface area contributed by atoms with Gasteiger partial charge in [0, 0.05) is 19.6 Å². The predicted octanol–water partition coefficient (Wildman–Crippen LogP) is 1.13. The summed E-state index contributed by atoms with van der Waals surface area (Å²) in [7, 11) is 0. The monoisotopic (exact) mass is 305 g/mol. The van der Waals surface area contributed by atoms with E-state index in [4.69, 9.17) is 10.5 Å². The maximum absolute atomic E-state index is 11.8. The topological polar surface area (TPSA) is 67.6 Å². The zero-order valence-electron chi connectivity index (χ0n) is 13.5. The summed E-state index contributed by atoms with van der Waals surface area (Å²) in [5, 5.41) is 3.00. The van der Waals surface area contributed by atoms with E-state index >= 15 is 0 Å². The highest BCUT2D eigenvalue weighted by molar-refractivity contribution is 5.81. The lowest BCUT2D eigenvalue weighted by Crippen LogP contribution is -2.55. The summed E-state index contributed by atoms with van der Waals surface area (Å²) in [6, 6.07) is 9.95. The summed E-state index contributed by atoms with van der Waals surface area (Å²) in [4.78, 5) is 14.2. The van der Waals surface area contributed by atoms with Crippen LogP contribution in [0.2, 0.25) is 0 Å². The lowest BCUT2D eigenvalue weighted by atomic mass is 10.1. The van der Waals surface area contributed by atoms with Crippen LogP contribution < -0.4 is 11.1 Å². The zero-order valence-corrected chi connectivity index (χ0v) is 13.5. The fourth-order valence-electron chi connectivity index (χ4n) is 2.73. The number of carbonyl (C=O) groups excluding carboxylic acids is 1. The predicted molar refractivity (Wildman–Crippen MR) is 87.3 cm³/mol. The van der Waals surface area contributed by atoms with Gasteiger partial charge in [0.05, 0.1) is 24.8 Å². The normalized spacial score (nSPS) is 22.0. The number of nitrogens with one attached hydrogen (secondary N) is 1. The van der Waals surface area contributed by atoms with Crippen LogP contribution in [0.15, 0.2) is 30.3 Å². The van der Waals surface area contributed by atoms with Gasteiger partial charge in [0.15, 0.2) is 0 Å². The molecule has 1 heterocycles. The summed E-state index contributed by atoms with van der Waals surface area (Å²) < 4.78 is 5.88. The summed E-state index contributed by atoms with van der Waals surface area (Å²) in [5.41, 5.74) is 6.94. The Labute approximate surface area is 132 Å². The molecular formula is C17H27N3O2.